The van der Waals surface area contributed by atoms with Crippen LogP contribution in [0.2, 0.25) is 0 Å². The number of rotatable bonds is 6. The molecule has 3 rings (SSSR count). The van der Waals surface area contributed by atoms with E-state index >= 15 is 0 Å². The third-order valence-corrected chi connectivity index (χ3v) is 6.79. The van der Waals surface area contributed by atoms with Gasteiger partial charge in [-0.05, 0) is 44.0 Å². The van der Waals surface area contributed by atoms with Crippen molar-refractivity contribution < 1.29 is 17.9 Å². The van der Waals surface area contributed by atoms with Crippen molar-refractivity contribution in [3.8, 4) is 0 Å². The van der Waals surface area contributed by atoms with E-state index in [1.807, 2.05) is 45.0 Å². The van der Waals surface area contributed by atoms with Crippen LogP contribution < -0.4 is 5.32 Å². The first kappa shape index (κ1) is 23.2. The van der Waals surface area contributed by atoms with Crippen molar-refractivity contribution in [1.29, 1.82) is 0 Å². The van der Waals surface area contributed by atoms with E-state index in [9.17, 15) is 13.2 Å². The fourth-order valence-electron chi connectivity index (χ4n) is 3.20. The van der Waals surface area contributed by atoms with E-state index in [2.05, 4.69) is 10.3 Å². The van der Waals surface area contributed by atoms with Gasteiger partial charge in [0.15, 0.2) is 0 Å². The maximum Gasteiger partial charge on any atom is 0.317 e. The number of carbonyl (C=O) groups is 1. The van der Waals surface area contributed by atoms with Gasteiger partial charge in [-0.1, -0.05) is 24.3 Å². The van der Waals surface area contributed by atoms with Crippen molar-refractivity contribution in [2.45, 2.75) is 44.4 Å². The van der Waals surface area contributed by atoms with Crippen LogP contribution >= 0.6 is 0 Å². The van der Waals surface area contributed by atoms with E-state index in [1.54, 1.807) is 11.0 Å². The van der Waals surface area contributed by atoms with Gasteiger partial charge in [-0.3, -0.25) is 4.98 Å². The molecule has 0 spiro atoms. The Morgan fingerprint density at radius 2 is 1.81 bits per heavy atom. The Morgan fingerprint density at radius 3 is 2.45 bits per heavy atom. The quantitative estimate of drug-likeness (QED) is 0.736. The Morgan fingerprint density at radius 1 is 1.10 bits per heavy atom. The zero-order valence-corrected chi connectivity index (χ0v) is 19.1. The van der Waals surface area contributed by atoms with Crippen LogP contribution in [0.1, 0.15) is 31.9 Å². The molecule has 2 heterocycles. The second-order valence-corrected chi connectivity index (χ2v) is 10.4. The molecule has 1 aromatic carbocycles. The molecule has 1 saturated heterocycles. The Balaban J connectivity index is 1.50. The van der Waals surface area contributed by atoms with Crippen LogP contribution in [0.3, 0.4) is 0 Å². The second-order valence-electron chi connectivity index (χ2n) is 8.46. The van der Waals surface area contributed by atoms with Crippen molar-refractivity contribution in [3.05, 3.63) is 59.9 Å². The number of nitrogens with zero attached hydrogens (tertiary/aromatic N) is 3. The highest BCUT2D eigenvalue weighted by Gasteiger charge is 2.30. The predicted molar refractivity (Wildman–Crippen MR) is 118 cm³/mol. The highest BCUT2D eigenvalue weighted by Crippen LogP contribution is 2.17. The molecule has 0 radical (unpaired) electrons. The molecule has 1 aliphatic rings. The Kier molecular flexibility index (Phi) is 7.30. The van der Waals surface area contributed by atoms with Gasteiger partial charge in [0, 0.05) is 45.1 Å². The molecule has 168 valence electrons. The molecular formula is C22H30N4O4S. The number of hydrogen-bond donors (Lipinski definition) is 1. The van der Waals surface area contributed by atoms with Gasteiger partial charge >= 0.3 is 6.03 Å². The maximum atomic E-state index is 12.7. The van der Waals surface area contributed by atoms with Crippen LogP contribution in [0.4, 0.5) is 4.79 Å². The molecule has 8 nitrogen and oxygen atoms in total. The third kappa shape index (κ3) is 6.49. The zero-order valence-electron chi connectivity index (χ0n) is 18.2. The zero-order chi connectivity index (χ0) is 22.5. The molecule has 0 aliphatic carbocycles. The van der Waals surface area contributed by atoms with E-state index in [-0.39, 0.29) is 29.6 Å². The van der Waals surface area contributed by atoms with Gasteiger partial charge < -0.3 is 15.0 Å². The molecule has 0 atom stereocenters. The standard InChI is InChI=1S/C22H30N4O4S/c1-22(2,3)30-17-19-7-4-6-18(14-19)15-24-21(27)25-10-12-26(13-11-25)31(28,29)20-8-5-9-23-16-20/h4-9,14,16H,10-13,15,17H2,1-3H3,(H,24,27). The molecule has 0 saturated carbocycles. The van der Waals surface area contributed by atoms with Gasteiger partial charge in [0.2, 0.25) is 10.0 Å². The molecule has 31 heavy (non-hydrogen) atoms. The molecule has 2 aromatic rings. The third-order valence-electron chi connectivity index (χ3n) is 4.91. The van der Waals surface area contributed by atoms with Gasteiger partial charge in [-0.25, -0.2) is 13.2 Å². The summed E-state index contributed by atoms with van der Waals surface area (Å²) in [5, 5.41) is 2.92. The summed E-state index contributed by atoms with van der Waals surface area (Å²) >= 11 is 0. The molecule has 9 heteroatoms. The van der Waals surface area contributed by atoms with Gasteiger partial charge in [0.1, 0.15) is 4.90 Å². The largest absolute Gasteiger partial charge is 0.371 e. The van der Waals surface area contributed by atoms with E-state index in [4.69, 9.17) is 4.74 Å². The summed E-state index contributed by atoms with van der Waals surface area (Å²) in [4.78, 5) is 18.2. The molecule has 1 aromatic heterocycles. The van der Waals surface area contributed by atoms with E-state index in [0.717, 1.165) is 11.1 Å². The van der Waals surface area contributed by atoms with Gasteiger partial charge in [0.25, 0.3) is 0 Å². The minimum Gasteiger partial charge on any atom is -0.371 e. The van der Waals surface area contributed by atoms with Crippen molar-refractivity contribution in [1.82, 2.24) is 19.5 Å². The number of hydrogen-bond acceptors (Lipinski definition) is 5. The first-order chi connectivity index (χ1) is 14.6. The number of piperazine rings is 1. The molecule has 1 fully saturated rings. The average Bonchev–Trinajstić information content (AvgIpc) is 2.76. The fourth-order valence-corrected chi connectivity index (χ4v) is 4.59. The van der Waals surface area contributed by atoms with Crippen LogP contribution in [0.15, 0.2) is 53.7 Å². The highest BCUT2D eigenvalue weighted by atomic mass is 32.2. The van der Waals surface area contributed by atoms with E-state index < -0.39 is 10.0 Å². The molecule has 1 aliphatic heterocycles. The Bertz CT molecular complexity index is 982. The summed E-state index contributed by atoms with van der Waals surface area (Å²) < 4.78 is 32.6. The van der Waals surface area contributed by atoms with Crippen LogP contribution in [-0.4, -0.2) is 60.4 Å². The predicted octanol–water partition coefficient (Wildman–Crippen LogP) is 2.61. The number of ether oxygens (including phenoxy) is 1. The first-order valence-electron chi connectivity index (χ1n) is 10.3. The second kappa shape index (κ2) is 9.76. The lowest BCUT2D eigenvalue weighted by atomic mass is 10.1. The monoisotopic (exact) mass is 446 g/mol. The average molecular weight is 447 g/mol. The number of sulfonamides is 1. The smallest absolute Gasteiger partial charge is 0.317 e. The summed E-state index contributed by atoms with van der Waals surface area (Å²) in [6.45, 7) is 8.13. The molecule has 1 N–H and O–H groups in total. The lowest BCUT2D eigenvalue weighted by Crippen LogP contribution is -2.52. The van der Waals surface area contributed by atoms with Crippen LogP contribution in [-0.2, 0) is 27.9 Å². The fraction of sp³-hybridized carbons (Fsp3) is 0.455. The van der Waals surface area contributed by atoms with Gasteiger partial charge in [-0.15, -0.1) is 0 Å². The first-order valence-corrected chi connectivity index (χ1v) is 11.7. The number of benzene rings is 1. The van der Waals surface area contributed by atoms with Crippen molar-refractivity contribution >= 4 is 16.1 Å². The van der Waals surface area contributed by atoms with Crippen molar-refractivity contribution in [3.63, 3.8) is 0 Å². The van der Waals surface area contributed by atoms with E-state index in [1.165, 1.54) is 22.8 Å². The summed E-state index contributed by atoms with van der Waals surface area (Å²) in [5.41, 5.74) is 1.83. The normalized spacial score (nSPS) is 15.6. The summed E-state index contributed by atoms with van der Waals surface area (Å²) in [5.74, 6) is 0. The lowest BCUT2D eigenvalue weighted by Gasteiger charge is -2.33. The summed E-state index contributed by atoms with van der Waals surface area (Å²) in [6.07, 6.45) is 2.88. The maximum absolute atomic E-state index is 12.7. The summed E-state index contributed by atoms with van der Waals surface area (Å²) in [7, 11) is -3.59. The number of pyridine rings is 1. The van der Waals surface area contributed by atoms with E-state index in [0.29, 0.717) is 26.2 Å². The summed E-state index contributed by atoms with van der Waals surface area (Å²) in [6, 6.07) is 10.9. The lowest BCUT2D eigenvalue weighted by molar-refractivity contribution is -0.0149. The minimum absolute atomic E-state index is 0.170. The molecule has 0 bridgehead atoms. The SMILES string of the molecule is CC(C)(C)OCc1cccc(CNC(=O)N2CCN(S(=O)(=O)c3cccnc3)CC2)c1. The molecular weight excluding hydrogens is 416 g/mol. The van der Waals surface area contributed by atoms with Crippen LogP contribution in [0, 0.1) is 0 Å². The Labute approximate surface area is 184 Å². The van der Waals surface area contributed by atoms with Gasteiger partial charge in [0.05, 0.1) is 12.2 Å². The topological polar surface area (TPSA) is 91.8 Å². The Hall–Kier alpha value is -2.49. The van der Waals surface area contributed by atoms with Crippen LogP contribution in [0.25, 0.3) is 0 Å². The number of urea groups is 1. The van der Waals surface area contributed by atoms with Crippen LogP contribution in [0.5, 0.6) is 0 Å². The number of carbonyl (C=O) groups excluding carboxylic acids is 1. The van der Waals surface area contributed by atoms with Crippen molar-refractivity contribution in [2.75, 3.05) is 26.2 Å². The number of nitrogens with one attached hydrogen (secondary N) is 1. The molecule has 2 amide bonds. The number of aromatic nitrogens is 1. The highest BCUT2D eigenvalue weighted by molar-refractivity contribution is 7.89. The minimum atomic E-state index is -3.59. The molecule has 0 unspecified atom stereocenters. The number of amides is 2. The van der Waals surface area contributed by atoms with Crippen molar-refractivity contribution in [2.24, 2.45) is 0 Å². The van der Waals surface area contributed by atoms with Gasteiger partial charge in [-0.2, -0.15) is 4.31 Å².